The van der Waals surface area contributed by atoms with E-state index in [1.165, 1.54) is 6.42 Å². The molecule has 16 heavy (non-hydrogen) atoms. The summed E-state index contributed by atoms with van der Waals surface area (Å²) in [6.07, 6.45) is 6.92. The van der Waals surface area contributed by atoms with Gasteiger partial charge in [-0.2, -0.15) is 0 Å². The normalized spacial score (nSPS) is 19.8. The summed E-state index contributed by atoms with van der Waals surface area (Å²) < 4.78 is 5.27. The maximum Gasteiger partial charge on any atom is 0.326 e. The van der Waals surface area contributed by atoms with Crippen LogP contribution in [0.5, 0.6) is 0 Å². The van der Waals surface area contributed by atoms with Crippen molar-refractivity contribution in [2.24, 2.45) is 11.7 Å². The number of nitrogens with two attached hydrogens (primary N) is 1. The van der Waals surface area contributed by atoms with Crippen molar-refractivity contribution >= 4 is 5.97 Å². The number of ether oxygens (including phenoxy) is 1. The summed E-state index contributed by atoms with van der Waals surface area (Å²) in [5.41, 5.74) is 5.39. The zero-order chi connectivity index (χ0) is 12.0. The molecule has 0 heterocycles. The first-order chi connectivity index (χ1) is 7.54. The maximum atomic E-state index is 11.8. The molecule has 0 spiro atoms. The van der Waals surface area contributed by atoms with Crippen LogP contribution in [0.1, 0.15) is 58.8 Å². The van der Waals surface area contributed by atoms with Gasteiger partial charge < -0.3 is 10.5 Å². The van der Waals surface area contributed by atoms with Gasteiger partial charge in [0.15, 0.2) is 0 Å². The molecule has 0 atom stereocenters. The van der Waals surface area contributed by atoms with Crippen molar-refractivity contribution in [1.29, 1.82) is 0 Å². The molecular weight excluding hydrogens is 202 g/mol. The van der Waals surface area contributed by atoms with Crippen LogP contribution in [0.15, 0.2) is 0 Å². The second-order valence-electron chi connectivity index (χ2n) is 5.39. The highest BCUT2D eigenvalue weighted by atomic mass is 16.5. The van der Waals surface area contributed by atoms with E-state index >= 15 is 0 Å². The van der Waals surface area contributed by atoms with Crippen LogP contribution in [-0.4, -0.2) is 18.1 Å². The largest absolute Gasteiger partial charge is 0.464 e. The van der Waals surface area contributed by atoms with Crippen LogP contribution < -0.4 is 5.73 Å². The van der Waals surface area contributed by atoms with E-state index in [2.05, 4.69) is 13.8 Å². The molecule has 0 aromatic rings. The van der Waals surface area contributed by atoms with E-state index in [0.717, 1.165) is 38.5 Å². The molecular formula is C13H25NO2. The number of rotatable bonds is 5. The molecule has 1 saturated carbocycles. The predicted molar refractivity (Wildman–Crippen MR) is 65.0 cm³/mol. The van der Waals surface area contributed by atoms with Crippen molar-refractivity contribution in [2.45, 2.75) is 64.3 Å². The predicted octanol–water partition coefficient (Wildman–Crippen LogP) is 2.63. The Hall–Kier alpha value is -0.570. The SMILES string of the molecule is CC(C)CCCOC(=O)C1(N)CCCCC1. The number of carbonyl (C=O) groups excluding carboxylic acids is 1. The monoisotopic (exact) mass is 227 g/mol. The molecule has 0 aromatic heterocycles. The molecule has 1 aliphatic rings. The Morgan fingerprint density at radius 2 is 1.94 bits per heavy atom. The van der Waals surface area contributed by atoms with Crippen molar-refractivity contribution in [2.75, 3.05) is 6.61 Å². The molecule has 0 amide bonds. The Bertz CT molecular complexity index is 220. The lowest BCUT2D eigenvalue weighted by Gasteiger charge is -2.30. The summed E-state index contributed by atoms with van der Waals surface area (Å²) in [5.74, 6) is 0.483. The topological polar surface area (TPSA) is 52.3 Å². The van der Waals surface area contributed by atoms with Gasteiger partial charge in [-0.15, -0.1) is 0 Å². The van der Waals surface area contributed by atoms with Gasteiger partial charge in [0.25, 0.3) is 0 Å². The Morgan fingerprint density at radius 3 is 2.50 bits per heavy atom. The highest BCUT2D eigenvalue weighted by Gasteiger charge is 2.36. The van der Waals surface area contributed by atoms with Gasteiger partial charge >= 0.3 is 5.97 Å². The van der Waals surface area contributed by atoms with Crippen molar-refractivity contribution in [3.63, 3.8) is 0 Å². The van der Waals surface area contributed by atoms with E-state index in [0.29, 0.717) is 12.5 Å². The molecule has 0 radical (unpaired) electrons. The Balaban J connectivity index is 2.23. The smallest absolute Gasteiger partial charge is 0.326 e. The molecule has 2 N–H and O–H groups in total. The molecule has 3 nitrogen and oxygen atoms in total. The molecule has 1 fully saturated rings. The fraction of sp³-hybridized carbons (Fsp3) is 0.923. The minimum absolute atomic E-state index is 0.184. The summed E-state index contributed by atoms with van der Waals surface area (Å²) >= 11 is 0. The fourth-order valence-corrected chi connectivity index (χ4v) is 2.19. The highest BCUT2D eigenvalue weighted by molar-refractivity contribution is 5.80. The van der Waals surface area contributed by atoms with E-state index in [4.69, 9.17) is 10.5 Å². The van der Waals surface area contributed by atoms with Gasteiger partial charge in [-0.25, -0.2) is 0 Å². The lowest BCUT2D eigenvalue weighted by Crippen LogP contribution is -2.50. The Kier molecular flexibility index (Phi) is 5.26. The Morgan fingerprint density at radius 1 is 1.31 bits per heavy atom. The lowest BCUT2D eigenvalue weighted by molar-refractivity contribution is -0.151. The summed E-state index contributed by atoms with van der Waals surface area (Å²) in [7, 11) is 0. The van der Waals surface area contributed by atoms with Crippen molar-refractivity contribution in [3.8, 4) is 0 Å². The molecule has 94 valence electrons. The lowest BCUT2D eigenvalue weighted by atomic mass is 9.83. The quantitative estimate of drug-likeness (QED) is 0.580. The number of carbonyl (C=O) groups is 1. The standard InChI is InChI=1S/C13H25NO2/c1-11(2)7-6-10-16-12(15)13(14)8-4-3-5-9-13/h11H,3-10,14H2,1-2H3. The molecule has 1 aliphatic carbocycles. The fourth-order valence-electron chi connectivity index (χ4n) is 2.19. The average Bonchev–Trinajstić information content (AvgIpc) is 2.25. The minimum Gasteiger partial charge on any atom is -0.464 e. The van der Waals surface area contributed by atoms with E-state index in [-0.39, 0.29) is 5.97 Å². The number of esters is 1. The summed E-state index contributed by atoms with van der Waals surface area (Å²) in [6, 6.07) is 0. The van der Waals surface area contributed by atoms with E-state index < -0.39 is 5.54 Å². The molecule has 0 aromatic carbocycles. The Labute approximate surface area is 98.7 Å². The zero-order valence-corrected chi connectivity index (χ0v) is 10.6. The molecule has 3 heteroatoms. The van der Waals surface area contributed by atoms with Gasteiger partial charge in [0.05, 0.1) is 6.61 Å². The van der Waals surface area contributed by atoms with Crippen LogP contribution in [0.25, 0.3) is 0 Å². The summed E-state index contributed by atoms with van der Waals surface area (Å²) in [5, 5.41) is 0. The van der Waals surface area contributed by atoms with Crippen LogP contribution in [0.2, 0.25) is 0 Å². The van der Waals surface area contributed by atoms with Gasteiger partial charge in [-0.05, 0) is 31.6 Å². The first-order valence-corrected chi connectivity index (χ1v) is 6.51. The maximum absolute atomic E-state index is 11.8. The third-order valence-electron chi connectivity index (χ3n) is 3.31. The van der Waals surface area contributed by atoms with E-state index in [1.54, 1.807) is 0 Å². The first-order valence-electron chi connectivity index (χ1n) is 6.51. The molecule has 0 unspecified atom stereocenters. The summed E-state index contributed by atoms with van der Waals surface area (Å²) in [4.78, 5) is 11.8. The van der Waals surface area contributed by atoms with Gasteiger partial charge in [-0.1, -0.05) is 33.1 Å². The third kappa shape index (κ3) is 4.12. The van der Waals surface area contributed by atoms with Gasteiger partial charge in [0.1, 0.15) is 5.54 Å². The molecule has 0 saturated heterocycles. The van der Waals surface area contributed by atoms with Crippen LogP contribution in [0.3, 0.4) is 0 Å². The first kappa shape index (κ1) is 13.5. The van der Waals surface area contributed by atoms with Crippen LogP contribution >= 0.6 is 0 Å². The van der Waals surface area contributed by atoms with Crippen LogP contribution in [-0.2, 0) is 9.53 Å². The average molecular weight is 227 g/mol. The molecule has 0 aliphatic heterocycles. The van der Waals surface area contributed by atoms with Crippen molar-refractivity contribution < 1.29 is 9.53 Å². The zero-order valence-electron chi connectivity index (χ0n) is 10.6. The van der Waals surface area contributed by atoms with Crippen LogP contribution in [0.4, 0.5) is 0 Å². The van der Waals surface area contributed by atoms with Crippen molar-refractivity contribution in [1.82, 2.24) is 0 Å². The van der Waals surface area contributed by atoms with Gasteiger partial charge in [0, 0.05) is 0 Å². The minimum atomic E-state index is -0.684. The van der Waals surface area contributed by atoms with Crippen molar-refractivity contribution in [3.05, 3.63) is 0 Å². The number of hydrogen-bond acceptors (Lipinski definition) is 3. The van der Waals surface area contributed by atoms with E-state index in [9.17, 15) is 4.79 Å². The summed E-state index contributed by atoms with van der Waals surface area (Å²) in [6.45, 7) is 4.87. The second-order valence-corrected chi connectivity index (χ2v) is 5.39. The van der Waals surface area contributed by atoms with Crippen LogP contribution in [0, 0.1) is 5.92 Å². The third-order valence-corrected chi connectivity index (χ3v) is 3.31. The molecule has 0 bridgehead atoms. The highest BCUT2D eigenvalue weighted by Crippen LogP contribution is 2.27. The molecule has 1 rings (SSSR count). The van der Waals surface area contributed by atoms with Gasteiger partial charge in [0.2, 0.25) is 0 Å². The van der Waals surface area contributed by atoms with E-state index in [1.807, 2.05) is 0 Å². The second kappa shape index (κ2) is 6.24. The van der Waals surface area contributed by atoms with Gasteiger partial charge in [-0.3, -0.25) is 4.79 Å². The number of hydrogen-bond donors (Lipinski definition) is 1.